The van der Waals surface area contributed by atoms with E-state index >= 15 is 0 Å². The van der Waals surface area contributed by atoms with Gasteiger partial charge < -0.3 is 19.6 Å². The van der Waals surface area contributed by atoms with Crippen LogP contribution < -0.4 is 5.32 Å². The lowest BCUT2D eigenvalue weighted by atomic mass is 9.99. The molecule has 94 valence electrons. The van der Waals surface area contributed by atoms with Crippen LogP contribution in [-0.2, 0) is 11.3 Å². The van der Waals surface area contributed by atoms with Crippen molar-refractivity contribution in [1.29, 1.82) is 0 Å². The van der Waals surface area contributed by atoms with Crippen molar-refractivity contribution in [2.75, 3.05) is 19.7 Å². The minimum Gasteiger partial charge on any atom is -0.478 e. The second-order valence-corrected chi connectivity index (χ2v) is 4.32. The lowest BCUT2D eigenvalue weighted by Crippen LogP contribution is -2.29. The van der Waals surface area contributed by atoms with Crippen LogP contribution in [0.15, 0.2) is 16.7 Å². The topological polar surface area (TPSA) is 71.7 Å². The predicted octanol–water partition coefficient (Wildman–Crippen LogP) is 1.49. The van der Waals surface area contributed by atoms with E-state index in [2.05, 4.69) is 5.32 Å². The van der Waals surface area contributed by atoms with Crippen molar-refractivity contribution in [2.24, 2.45) is 5.92 Å². The van der Waals surface area contributed by atoms with E-state index < -0.39 is 5.97 Å². The summed E-state index contributed by atoms with van der Waals surface area (Å²) < 4.78 is 10.6. The molecule has 0 aromatic carbocycles. The van der Waals surface area contributed by atoms with Crippen LogP contribution in [0, 0.1) is 5.92 Å². The Labute approximate surface area is 99.8 Å². The maximum Gasteiger partial charge on any atom is 0.338 e. The van der Waals surface area contributed by atoms with Crippen molar-refractivity contribution < 1.29 is 19.1 Å². The third-order valence-electron chi connectivity index (χ3n) is 2.96. The zero-order valence-corrected chi connectivity index (χ0v) is 9.65. The number of carboxylic acids is 1. The third kappa shape index (κ3) is 3.57. The summed E-state index contributed by atoms with van der Waals surface area (Å²) in [5, 5.41) is 12.0. The number of carboxylic acid groups (broad SMARTS) is 1. The van der Waals surface area contributed by atoms with E-state index in [4.69, 9.17) is 14.3 Å². The smallest absolute Gasteiger partial charge is 0.338 e. The van der Waals surface area contributed by atoms with Crippen LogP contribution in [0.1, 0.15) is 29.0 Å². The summed E-state index contributed by atoms with van der Waals surface area (Å²) in [7, 11) is 0. The number of piperidine rings is 1. The number of hydrogen-bond donors (Lipinski definition) is 2. The van der Waals surface area contributed by atoms with E-state index in [1.54, 1.807) is 0 Å². The van der Waals surface area contributed by atoms with Gasteiger partial charge in [0.1, 0.15) is 18.6 Å². The Morgan fingerprint density at radius 2 is 2.29 bits per heavy atom. The summed E-state index contributed by atoms with van der Waals surface area (Å²) in [6, 6.07) is 1.50. The first-order valence-electron chi connectivity index (χ1n) is 5.85. The highest BCUT2D eigenvalue weighted by molar-refractivity contribution is 5.87. The van der Waals surface area contributed by atoms with Crippen molar-refractivity contribution >= 4 is 5.97 Å². The Morgan fingerprint density at radius 1 is 1.53 bits per heavy atom. The van der Waals surface area contributed by atoms with E-state index in [1.165, 1.54) is 12.3 Å². The van der Waals surface area contributed by atoms with Crippen molar-refractivity contribution in [3.8, 4) is 0 Å². The van der Waals surface area contributed by atoms with Gasteiger partial charge in [-0.25, -0.2) is 4.79 Å². The van der Waals surface area contributed by atoms with Gasteiger partial charge in [-0.1, -0.05) is 0 Å². The van der Waals surface area contributed by atoms with Crippen LogP contribution in [0.3, 0.4) is 0 Å². The molecular formula is C12H17NO4. The molecule has 1 aliphatic rings. The molecule has 0 amide bonds. The number of ether oxygens (including phenoxy) is 1. The van der Waals surface area contributed by atoms with Gasteiger partial charge >= 0.3 is 5.97 Å². The minimum atomic E-state index is -0.974. The van der Waals surface area contributed by atoms with Crippen molar-refractivity contribution in [3.05, 3.63) is 23.7 Å². The van der Waals surface area contributed by atoms with Gasteiger partial charge in [-0.05, 0) is 37.9 Å². The van der Waals surface area contributed by atoms with Crippen LogP contribution in [-0.4, -0.2) is 30.8 Å². The second-order valence-electron chi connectivity index (χ2n) is 4.32. The molecule has 2 N–H and O–H groups in total. The van der Waals surface area contributed by atoms with E-state index in [0.29, 0.717) is 24.9 Å². The van der Waals surface area contributed by atoms with Gasteiger partial charge in [-0.3, -0.25) is 0 Å². The van der Waals surface area contributed by atoms with E-state index in [9.17, 15) is 4.79 Å². The number of furan rings is 1. The maximum atomic E-state index is 10.6. The van der Waals surface area contributed by atoms with Crippen molar-refractivity contribution in [3.63, 3.8) is 0 Å². The molecule has 0 aliphatic carbocycles. The molecule has 1 aliphatic heterocycles. The molecule has 0 radical (unpaired) electrons. The Bertz CT molecular complexity index is 368. The Kier molecular flexibility index (Phi) is 4.17. The molecule has 17 heavy (non-hydrogen) atoms. The summed E-state index contributed by atoms with van der Waals surface area (Å²) in [5.74, 6) is 0.194. The van der Waals surface area contributed by atoms with Gasteiger partial charge in [0.25, 0.3) is 0 Å². The number of carbonyl (C=O) groups is 1. The van der Waals surface area contributed by atoms with Gasteiger partial charge in [0, 0.05) is 0 Å². The summed E-state index contributed by atoms with van der Waals surface area (Å²) in [5.41, 5.74) is 0.172. The molecule has 2 heterocycles. The lowest BCUT2D eigenvalue weighted by molar-refractivity contribution is 0.0659. The Morgan fingerprint density at radius 3 is 2.94 bits per heavy atom. The average Bonchev–Trinajstić information content (AvgIpc) is 2.79. The molecule has 0 atom stereocenters. The zero-order chi connectivity index (χ0) is 12.1. The largest absolute Gasteiger partial charge is 0.478 e. The van der Waals surface area contributed by atoms with Gasteiger partial charge in [0.15, 0.2) is 0 Å². The van der Waals surface area contributed by atoms with Gasteiger partial charge in [-0.2, -0.15) is 0 Å². The normalized spacial score (nSPS) is 17.2. The number of aromatic carboxylic acids is 1. The fraction of sp³-hybridized carbons (Fsp3) is 0.583. The van der Waals surface area contributed by atoms with Crippen LogP contribution in [0.4, 0.5) is 0 Å². The standard InChI is InChI=1S/C12H17NO4/c14-12(15)10-5-11(17-7-10)8-16-6-9-1-3-13-4-2-9/h5,7,9,13H,1-4,6,8H2,(H,14,15). The first-order chi connectivity index (χ1) is 8.25. The van der Waals surface area contributed by atoms with Crippen LogP contribution >= 0.6 is 0 Å². The fourth-order valence-electron chi connectivity index (χ4n) is 1.94. The summed E-state index contributed by atoms with van der Waals surface area (Å²) in [4.78, 5) is 10.6. The third-order valence-corrected chi connectivity index (χ3v) is 2.96. The van der Waals surface area contributed by atoms with Gasteiger partial charge in [0.05, 0.1) is 12.2 Å². The second kappa shape index (κ2) is 5.84. The highest BCUT2D eigenvalue weighted by Crippen LogP contribution is 2.14. The number of hydrogen-bond acceptors (Lipinski definition) is 4. The molecular weight excluding hydrogens is 222 g/mol. The predicted molar refractivity (Wildman–Crippen MR) is 60.9 cm³/mol. The van der Waals surface area contributed by atoms with Crippen LogP contribution in [0.5, 0.6) is 0 Å². The summed E-state index contributed by atoms with van der Waals surface area (Å²) in [6.45, 7) is 3.16. The lowest BCUT2D eigenvalue weighted by Gasteiger charge is -2.21. The first kappa shape index (κ1) is 12.1. The molecule has 1 saturated heterocycles. The van der Waals surface area contributed by atoms with Gasteiger partial charge in [0.2, 0.25) is 0 Å². The Balaban J connectivity index is 1.71. The Hall–Kier alpha value is -1.33. The fourth-order valence-corrected chi connectivity index (χ4v) is 1.94. The SMILES string of the molecule is O=C(O)c1coc(COCC2CCNCC2)c1. The average molecular weight is 239 g/mol. The van der Waals surface area contributed by atoms with E-state index in [0.717, 1.165) is 25.9 Å². The number of nitrogens with one attached hydrogen (secondary N) is 1. The molecule has 1 aromatic rings. The molecule has 0 spiro atoms. The molecule has 1 fully saturated rings. The molecule has 5 heteroatoms. The highest BCUT2D eigenvalue weighted by Gasteiger charge is 2.13. The molecule has 1 aromatic heterocycles. The molecule has 0 bridgehead atoms. The highest BCUT2D eigenvalue weighted by atomic mass is 16.5. The maximum absolute atomic E-state index is 10.6. The molecule has 2 rings (SSSR count). The van der Waals surface area contributed by atoms with Crippen LogP contribution in [0.2, 0.25) is 0 Å². The zero-order valence-electron chi connectivity index (χ0n) is 9.65. The van der Waals surface area contributed by atoms with Crippen LogP contribution in [0.25, 0.3) is 0 Å². The molecule has 0 unspecified atom stereocenters. The summed E-state index contributed by atoms with van der Waals surface area (Å²) in [6.07, 6.45) is 3.52. The van der Waals surface area contributed by atoms with Crippen molar-refractivity contribution in [2.45, 2.75) is 19.4 Å². The quantitative estimate of drug-likeness (QED) is 0.814. The van der Waals surface area contributed by atoms with Crippen molar-refractivity contribution in [1.82, 2.24) is 5.32 Å². The van der Waals surface area contributed by atoms with E-state index in [1.807, 2.05) is 0 Å². The first-order valence-corrected chi connectivity index (χ1v) is 5.85. The molecule has 0 saturated carbocycles. The van der Waals surface area contributed by atoms with Gasteiger partial charge in [-0.15, -0.1) is 0 Å². The monoisotopic (exact) mass is 239 g/mol. The summed E-state index contributed by atoms with van der Waals surface area (Å²) >= 11 is 0. The molecule has 5 nitrogen and oxygen atoms in total. The number of rotatable bonds is 5. The minimum absolute atomic E-state index is 0.172. The van der Waals surface area contributed by atoms with E-state index in [-0.39, 0.29) is 5.56 Å².